The van der Waals surface area contributed by atoms with Gasteiger partial charge in [0.2, 0.25) is 0 Å². The molecule has 0 amide bonds. The third kappa shape index (κ3) is 2.84. The quantitative estimate of drug-likeness (QED) is 0.699. The molecule has 0 radical (unpaired) electrons. The van der Waals surface area contributed by atoms with Crippen molar-refractivity contribution in [3.05, 3.63) is 21.0 Å². The molecule has 0 heterocycles. The van der Waals surface area contributed by atoms with Crippen LogP contribution in [0.5, 0.6) is 0 Å². The van der Waals surface area contributed by atoms with Gasteiger partial charge in [-0.1, -0.05) is 0 Å². The summed E-state index contributed by atoms with van der Waals surface area (Å²) in [6.07, 6.45) is 8.21. The summed E-state index contributed by atoms with van der Waals surface area (Å²) in [6.45, 7) is 0. The number of hydrogen-bond acceptors (Lipinski definition) is 4. The van der Waals surface area contributed by atoms with Gasteiger partial charge in [0.25, 0.3) is 0 Å². The van der Waals surface area contributed by atoms with Gasteiger partial charge in [-0.3, -0.25) is 0 Å². The third-order valence-corrected chi connectivity index (χ3v) is 4.84. The van der Waals surface area contributed by atoms with Crippen LogP contribution in [0.3, 0.4) is 0 Å². The predicted molar refractivity (Wildman–Crippen MR) is 70.8 cm³/mol. The first kappa shape index (κ1) is 13.2. The maximum atomic E-state index is 8.96. The molecule has 2 nitrogen and oxygen atoms in total. The Bertz CT molecular complexity index is 386. The van der Waals surface area contributed by atoms with Crippen LogP contribution in [0.1, 0.15) is 25.7 Å². The maximum Gasteiger partial charge on any atom is 0.133 e. The minimum Gasteiger partial charge on any atom is -0.192 e. The molecule has 0 unspecified atom stereocenters. The monoisotopic (exact) mass is 250 g/mol. The van der Waals surface area contributed by atoms with Crippen molar-refractivity contribution in [3.63, 3.8) is 0 Å². The van der Waals surface area contributed by atoms with Crippen molar-refractivity contribution in [2.45, 2.75) is 25.7 Å². The fourth-order valence-electron chi connectivity index (χ4n) is 1.90. The molecule has 1 aliphatic carbocycles. The highest BCUT2D eigenvalue weighted by Crippen LogP contribution is 2.39. The van der Waals surface area contributed by atoms with E-state index in [2.05, 4.69) is 0 Å². The molecule has 84 valence electrons. The largest absolute Gasteiger partial charge is 0.192 e. The second-order valence-corrected chi connectivity index (χ2v) is 5.35. The second kappa shape index (κ2) is 6.68. The molecule has 0 spiro atoms. The average molecular weight is 250 g/mol. The first-order valence-electron chi connectivity index (χ1n) is 5.13. The van der Waals surface area contributed by atoms with Crippen molar-refractivity contribution in [2.24, 2.45) is 0 Å². The topological polar surface area (TPSA) is 47.6 Å². The van der Waals surface area contributed by atoms with Crippen LogP contribution in [-0.4, -0.2) is 12.5 Å². The highest BCUT2D eigenvalue weighted by Gasteiger charge is 2.19. The van der Waals surface area contributed by atoms with Gasteiger partial charge in [0.05, 0.1) is 0 Å². The van der Waals surface area contributed by atoms with E-state index in [1.54, 1.807) is 23.5 Å². The van der Waals surface area contributed by atoms with Crippen LogP contribution in [0.25, 0.3) is 0 Å². The van der Waals surface area contributed by atoms with Gasteiger partial charge in [-0.25, -0.2) is 0 Å². The summed E-state index contributed by atoms with van der Waals surface area (Å²) in [5.41, 5.74) is 2.51. The van der Waals surface area contributed by atoms with E-state index in [0.29, 0.717) is 5.57 Å². The van der Waals surface area contributed by atoms with Crippen LogP contribution >= 0.6 is 23.5 Å². The molecule has 1 rings (SSSR count). The molecule has 0 aromatic heterocycles. The van der Waals surface area contributed by atoms with Crippen molar-refractivity contribution in [2.75, 3.05) is 12.5 Å². The van der Waals surface area contributed by atoms with Gasteiger partial charge in [-0.15, -0.1) is 23.5 Å². The summed E-state index contributed by atoms with van der Waals surface area (Å²) in [6, 6.07) is 4.04. The number of rotatable bonds is 2. The minimum absolute atomic E-state index is 0.301. The zero-order chi connectivity index (χ0) is 12.0. The Labute approximate surface area is 105 Å². The van der Waals surface area contributed by atoms with Gasteiger partial charge in [0.15, 0.2) is 0 Å². The number of nitriles is 2. The number of thioether (sulfide) groups is 2. The van der Waals surface area contributed by atoms with E-state index < -0.39 is 0 Å². The molecule has 1 aliphatic rings. The fourth-order valence-corrected chi connectivity index (χ4v) is 3.51. The molecule has 0 aromatic rings. The van der Waals surface area contributed by atoms with Crippen LogP contribution < -0.4 is 0 Å². The molecule has 4 heteroatoms. The molecule has 1 fully saturated rings. The van der Waals surface area contributed by atoms with Gasteiger partial charge in [0.1, 0.15) is 17.7 Å². The van der Waals surface area contributed by atoms with Gasteiger partial charge >= 0.3 is 0 Å². The molecule has 0 saturated heterocycles. The van der Waals surface area contributed by atoms with Crippen LogP contribution in [-0.2, 0) is 0 Å². The molecule has 0 aromatic carbocycles. The standard InChI is InChI=1S/C12H14N2S2/c1-15-12(16-2)11-6-4-3-5-10(11)9(7-13)8-14/h3-6H2,1-2H3. The Hall–Kier alpha value is -0.840. The Kier molecular flexibility index (Phi) is 5.52. The van der Waals surface area contributed by atoms with Crippen LogP contribution in [0.4, 0.5) is 0 Å². The molecular formula is C12H14N2S2. The summed E-state index contributed by atoms with van der Waals surface area (Å²) in [5, 5.41) is 17.9. The lowest BCUT2D eigenvalue weighted by atomic mass is 9.88. The van der Waals surface area contributed by atoms with Crippen LogP contribution in [0.2, 0.25) is 0 Å². The minimum atomic E-state index is 0.301. The predicted octanol–water partition coefficient (Wildman–Crippen LogP) is 3.84. The molecule has 0 atom stereocenters. The smallest absolute Gasteiger partial charge is 0.133 e. The summed E-state index contributed by atoms with van der Waals surface area (Å²) in [7, 11) is 0. The van der Waals surface area contributed by atoms with Gasteiger partial charge < -0.3 is 0 Å². The molecule has 1 saturated carbocycles. The molecule has 0 aliphatic heterocycles. The lowest BCUT2D eigenvalue weighted by Crippen LogP contribution is -2.03. The van der Waals surface area contributed by atoms with Gasteiger partial charge in [-0.05, 0) is 49.3 Å². The molecule has 0 bridgehead atoms. The van der Waals surface area contributed by atoms with Crippen molar-refractivity contribution >= 4 is 23.5 Å². The fraction of sp³-hybridized carbons (Fsp3) is 0.500. The van der Waals surface area contributed by atoms with Crippen LogP contribution in [0.15, 0.2) is 21.0 Å². The Morgan fingerprint density at radius 1 is 1.00 bits per heavy atom. The number of hydrogen-bond donors (Lipinski definition) is 0. The van der Waals surface area contributed by atoms with E-state index in [4.69, 9.17) is 10.5 Å². The van der Waals surface area contributed by atoms with Crippen LogP contribution in [0, 0.1) is 22.7 Å². The van der Waals surface area contributed by atoms with E-state index in [0.717, 1.165) is 31.3 Å². The highest BCUT2D eigenvalue weighted by molar-refractivity contribution is 8.21. The van der Waals surface area contributed by atoms with Crippen molar-refractivity contribution < 1.29 is 0 Å². The van der Waals surface area contributed by atoms with Gasteiger partial charge in [-0.2, -0.15) is 10.5 Å². The van der Waals surface area contributed by atoms with Crippen molar-refractivity contribution in [1.82, 2.24) is 0 Å². The second-order valence-electron chi connectivity index (χ2n) is 3.46. The Morgan fingerprint density at radius 3 is 1.94 bits per heavy atom. The Morgan fingerprint density at radius 2 is 1.50 bits per heavy atom. The zero-order valence-corrected chi connectivity index (χ0v) is 11.2. The molecule has 0 N–H and O–H groups in total. The lowest BCUT2D eigenvalue weighted by molar-refractivity contribution is 0.677. The van der Waals surface area contributed by atoms with E-state index in [1.807, 2.05) is 24.6 Å². The molecular weight excluding hydrogens is 236 g/mol. The first-order valence-corrected chi connectivity index (χ1v) is 7.58. The maximum absolute atomic E-state index is 8.96. The Balaban J connectivity index is 3.26. The first-order chi connectivity index (χ1) is 7.78. The zero-order valence-electron chi connectivity index (χ0n) is 9.54. The summed E-state index contributed by atoms with van der Waals surface area (Å²) in [5.74, 6) is 0. The van der Waals surface area contributed by atoms with Gasteiger partial charge in [0, 0.05) is 4.24 Å². The normalized spacial score (nSPS) is 15.2. The number of allylic oxidation sites excluding steroid dienone is 3. The van der Waals surface area contributed by atoms with E-state index >= 15 is 0 Å². The lowest BCUT2D eigenvalue weighted by Gasteiger charge is -2.20. The molecule has 16 heavy (non-hydrogen) atoms. The van der Waals surface area contributed by atoms with Crippen molar-refractivity contribution in [3.8, 4) is 12.1 Å². The summed E-state index contributed by atoms with van der Waals surface area (Å²) >= 11 is 3.42. The average Bonchev–Trinajstić information content (AvgIpc) is 2.34. The van der Waals surface area contributed by atoms with E-state index in [9.17, 15) is 0 Å². The highest BCUT2D eigenvalue weighted by atomic mass is 32.2. The number of nitrogens with zero attached hydrogens (tertiary/aromatic N) is 2. The summed E-state index contributed by atoms with van der Waals surface area (Å²) in [4.78, 5) is 0. The van der Waals surface area contributed by atoms with E-state index in [-0.39, 0.29) is 0 Å². The van der Waals surface area contributed by atoms with E-state index in [1.165, 1.54) is 9.81 Å². The van der Waals surface area contributed by atoms with Crippen molar-refractivity contribution in [1.29, 1.82) is 10.5 Å². The summed E-state index contributed by atoms with van der Waals surface area (Å²) < 4.78 is 1.25. The SMILES string of the molecule is CSC(SC)=C1CCCCC1=C(C#N)C#N. The third-order valence-electron chi connectivity index (χ3n) is 2.61.